The second-order valence-electron chi connectivity index (χ2n) is 4.27. The van der Waals surface area contributed by atoms with E-state index >= 15 is 0 Å². The van der Waals surface area contributed by atoms with Gasteiger partial charge in [-0.3, -0.25) is 0 Å². The van der Waals surface area contributed by atoms with Crippen molar-refractivity contribution in [3.63, 3.8) is 0 Å². The SMILES string of the molecule is CNc1nc(C)cc(NCCc2ccc(Cl)cc2)n1. The Balaban J connectivity index is 1.92. The molecule has 2 N–H and O–H groups in total. The lowest BCUT2D eigenvalue weighted by atomic mass is 10.1. The van der Waals surface area contributed by atoms with Crippen molar-refractivity contribution >= 4 is 23.4 Å². The van der Waals surface area contributed by atoms with Gasteiger partial charge in [0.25, 0.3) is 0 Å². The van der Waals surface area contributed by atoms with Crippen molar-refractivity contribution in [2.45, 2.75) is 13.3 Å². The fraction of sp³-hybridized carbons (Fsp3) is 0.286. The van der Waals surface area contributed by atoms with E-state index < -0.39 is 0 Å². The molecule has 0 unspecified atom stereocenters. The number of nitrogens with zero attached hydrogens (tertiary/aromatic N) is 2. The number of benzene rings is 1. The summed E-state index contributed by atoms with van der Waals surface area (Å²) in [6, 6.07) is 9.82. The Bertz CT molecular complexity index is 540. The zero-order valence-electron chi connectivity index (χ0n) is 11.1. The van der Waals surface area contributed by atoms with Gasteiger partial charge in [0.1, 0.15) is 5.82 Å². The van der Waals surface area contributed by atoms with Crippen molar-refractivity contribution in [2.24, 2.45) is 0 Å². The number of hydrogen-bond acceptors (Lipinski definition) is 4. The number of nitrogens with one attached hydrogen (secondary N) is 2. The first-order valence-electron chi connectivity index (χ1n) is 6.19. The maximum Gasteiger partial charge on any atom is 0.224 e. The molecule has 2 aromatic rings. The Morgan fingerprint density at radius 3 is 2.58 bits per heavy atom. The number of hydrogen-bond donors (Lipinski definition) is 2. The van der Waals surface area contributed by atoms with E-state index in [1.54, 1.807) is 0 Å². The molecule has 0 fully saturated rings. The molecule has 1 heterocycles. The highest BCUT2D eigenvalue weighted by Gasteiger charge is 2.00. The molecule has 5 heteroatoms. The van der Waals surface area contributed by atoms with Crippen LogP contribution in [0.1, 0.15) is 11.3 Å². The maximum atomic E-state index is 5.85. The van der Waals surface area contributed by atoms with Crippen LogP contribution in [0.15, 0.2) is 30.3 Å². The maximum absolute atomic E-state index is 5.85. The number of aryl methyl sites for hydroxylation is 1. The van der Waals surface area contributed by atoms with E-state index in [2.05, 4.69) is 20.6 Å². The van der Waals surface area contributed by atoms with Crippen LogP contribution in [0.25, 0.3) is 0 Å². The van der Waals surface area contributed by atoms with E-state index in [9.17, 15) is 0 Å². The molecule has 0 amide bonds. The summed E-state index contributed by atoms with van der Waals surface area (Å²) in [5.41, 5.74) is 2.19. The Morgan fingerprint density at radius 2 is 1.89 bits per heavy atom. The molecular weight excluding hydrogens is 260 g/mol. The van der Waals surface area contributed by atoms with Gasteiger partial charge in [0.2, 0.25) is 5.95 Å². The van der Waals surface area contributed by atoms with Gasteiger partial charge in [0.15, 0.2) is 0 Å². The topological polar surface area (TPSA) is 49.8 Å². The lowest BCUT2D eigenvalue weighted by Crippen LogP contribution is -2.08. The molecule has 1 aromatic carbocycles. The number of halogens is 1. The molecule has 0 atom stereocenters. The van der Waals surface area contributed by atoms with Crippen molar-refractivity contribution < 1.29 is 0 Å². The monoisotopic (exact) mass is 276 g/mol. The van der Waals surface area contributed by atoms with Crippen molar-refractivity contribution in [3.05, 3.63) is 46.6 Å². The normalized spacial score (nSPS) is 10.3. The van der Waals surface area contributed by atoms with Gasteiger partial charge in [0.05, 0.1) is 0 Å². The molecule has 100 valence electrons. The standard InChI is InChI=1S/C14H17ClN4/c1-10-9-13(19-14(16-2)18-10)17-8-7-11-3-5-12(15)6-4-11/h3-6,9H,7-8H2,1-2H3,(H2,16,17,18,19). The van der Waals surface area contributed by atoms with Crippen LogP contribution >= 0.6 is 11.6 Å². The molecule has 0 saturated carbocycles. The smallest absolute Gasteiger partial charge is 0.224 e. The average molecular weight is 277 g/mol. The van der Waals surface area contributed by atoms with E-state index in [4.69, 9.17) is 11.6 Å². The van der Waals surface area contributed by atoms with Gasteiger partial charge in [-0.1, -0.05) is 23.7 Å². The Hall–Kier alpha value is -1.81. The molecule has 0 bridgehead atoms. The summed E-state index contributed by atoms with van der Waals surface area (Å²) >= 11 is 5.85. The average Bonchev–Trinajstić information content (AvgIpc) is 2.40. The van der Waals surface area contributed by atoms with E-state index in [1.807, 2.05) is 44.3 Å². The van der Waals surface area contributed by atoms with Crippen LogP contribution in [0.5, 0.6) is 0 Å². The molecule has 4 nitrogen and oxygen atoms in total. The molecule has 0 spiro atoms. The first-order chi connectivity index (χ1) is 9.17. The number of rotatable bonds is 5. The van der Waals surface area contributed by atoms with Crippen LogP contribution < -0.4 is 10.6 Å². The van der Waals surface area contributed by atoms with E-state index in [0.29, 0.717) is 5.95 Å². The van der Waals surface area contributed by atoms with Crippen LogP contribution in [-0.2, 0) is 6.42 Å². The zero-order valence-corrected chi connectivity index (χ0v) is 11.8. The molecule has 0 radical (unpaired) electrons. The molecule has 0 saturated heterocycles. The van der Waals surface area contributed by atoms with Crippen LogP contribution in [0.2, 0.25) is 5.02 Å². The van der Waals surface area contributed by atoms with Gasteiger partial charge < -0.3 is 10.6 Å². The van der Waals surface area contributed by atoms with Crippen LogP contribution in [0.4, 0.5) is 11.8 Å². The number of aromatic nitrogens is 2. The largest absolute Gasteiger partial charge is 0.370 e. The quantitative estimate of drug-likeness (QED) is 0.881. The summed E-state index contributed by atoms with van der Waals surface area (Å²) in [4.78, 5) is 8.59. The van der Waals surface area contributed by atoms with Gasteiger partial charge in [-0.25, -0.2) is 4.98 Å². The number of anilines is 2. The third kappa shape index (κ3) is 4.10. The minimum atomic E-state index is 0.633. The lowest BCUT2D eigenvalue weighted by Gasteiger charge is -2.08. The lowest BCUT2D eigenvalue weighted by molar-refractivity contribution is 0.993. The minimum absolute atomic E-state index is 0.633. The van der Waals surface area contributed by atoms with Crippen molar-refractivity contribution in [1.82, 2.24) is 9.97 Å². The Kier molecular flexibility index (Phi) is 4.58. The third-order valence-corrected chi connectivity index (χ3v) is 2.96. The first-order valence-corrected chi connectivity index (χ1v) is 6.57. The summed E-state index contributed by atoms with van der Waals surface area (Å²) in [7, 11) is 1.81. The highest BCUT2D eigenvalue weighted by Crippen LogP contribution is 2.11. The van der Waals surface area contributed by atoms with Gasteiger partial charge in [-0.15, -0.1) is 0 Å². The molecule has 0 aliphatic carbocycles. The molecule has 0 aliphatic heterocycles. The van der Waals surface area contributed by atoms with E-state index in [0.717, 1.165) is 29.5 Å². The summed E-state index contributed by atoms with van der Waals surface area (Å²) in [5.74, 6) is 1.47. The fourth-order valence-corrected chi connectivity index (χ4v) is 1.88. The van der Waals surface area contributed by atoms with Gasteiger partial charge >= 0.3 is 0 Å². The molecule has 1 aromatic heterocycles. The predicted octanol–water partition coefficient (Wildman–Crippen LogP) is 3.13. The van der Waals surface area contributed by atoms with Gasteiger partial charge in [0, 0.05) is 30.4 Å². The Morgan fingerprint density at radius 1 is 1.16 bits per heavy atom. The molecule has 2 rings (SSSR count). The van der Waals surface area contributed by atoms with E-state index in [-0.39, 0.29) is 0 Å². The highest BCUT2D eigenvalue weighted by molar-refractivity contribution is 6.30. The highest BCUT2D eigenvalue weighted by atomic mass is 35.5. The second-order valence-corrected chi connectivity index (χ2v) is 4.71. The summed E-state index contributed by atoms with van der Waals surface area (Å²) in [6.07, 6.45) is 0.926. The zero-order chi connectivity index (χ0) is 13.7. The fourth-order valence-electron chi connectivity index (χ4n) is 1.76. The van der Waals surface area contributed by atoms with Crippen molar-refractivity contribution in [1.29, 1.82) is 0 Å². The summed E-state index contributed by atoms with van der Waals surface area (Å²) in [6.45, 7) is 2.77. The summed E-state index contributed by atoms with van der Waals surface area (Å²) in [5, 5.41) is 7.01. The predicted molar refractivity (Wildman–Crippen MR) is 80.0 cm³/mol. The molecule has 19 heavy (non-hydrogen) atoms. The van der Waals surface area contributed by atoms with E-state index in [1.165, 1.54) is 5.56 Å². The van der Waals surface area contributed by atoms with Gasteiger partial charge in [-0.05, 0) is 31.0 Å². The second kappa shape index (κ2) is 6.38. The van der Waals surface area contributed by atoms with Crippen LogP contribution in [-0.4, -0.2) is 23.6 Å². The molecular formula is C14H17ClN4. The van der Waals surface area contributed by atoms with Crippen LogP contribution in [0.3, 0.4) is 0 Å². The first kappa shape index (κ1) is 13.6. The van der Waals surface area contributed by atoms with Crippen LogP contribution in [0, 0.1) is 6.92 Å². The minimum Gasteiger partial charge on any atom is -0.370 e. The Labute approximate surface area is 118 Å². The third-order valence-electron chi connectivity index (χ3n) is 2.71. The summed E-state index contributed by atoms with van der Waals surface area (Å²) < 4.78 is 0. The van der Waals surface area contributed by atoms with Crippen molar-refractivity contribution in [2.75, 3.05) is 24.2 Å². The van der Waals surface area contributed by atoms with Gasteiger partial charge in [-0.2, -0.15) is 4.98 Å². The van der Waals surface area contributed by atoms with Crippen molar-refractivity contribution in [3.8, 4) is 0 Å². The molecule has 0 aliphatic rings.